The predicted octanol–water partition coefficient (Wildman–Crippen LogP) is 3.84. The summed E-state index contributed by atoms with van der Waals surface area (Å²) >= 11 is 0. The zero-order valence-corrected chi connectivity index (χ0v) is 15.5. The maximum Gasteiger partial charge on any atom is 0.312 e. The second-order valence-electron chi connectivity index (χ2n) is 5.71. The number of nitro groups is 1. The van der Waals surface area contributed by atoms with Gasteiger partial charge in [0.25, 0.3) is 10.0 Å². The van der Waals surface area contributed by atoms with Crippen molar-refractivity contribution in [2.75, 3.05) is 0 Å². The Morgan fingerprint density at radius 2 is 1.72 bits per heavy atom. The molecule has 10 heteroatoms. The second-order valence-corrected chi connectivity index (χ2v) is 7.37. The van der Waals surface area contributed by atoms with E-state index in [1.54, 1.807) is 18.2 Å². The number of rotatable bonds is 7. The Balaban J connectivity index is 1.78. The molecule has 3 aromatic rings. The van der Waals surface area contributed by atoms with Crippen LogP contribution < -0.4 is 9.57 Å². The molecule has 3 rings (SSSR count). The molecule has 3 aromatic carbocycles. The Kier molecular flexibility index (Phi) is 5.84. The van der Waals surface area contributed by atoms with E-state index in [1.165, 1.54) is 54.6 Å². The third-order valence-electron chi connectivity index (χ3n) is 3.66. The molecular weight excluding hydrogens is 401 g/mol. The van der Waals surface area contributed by atoms with E-state index >= 15 is 0 Å². The topological polar surface area (TPSA) is 111 Å². The Labute approximate surface area is 165 Å². The van der Waals surface area contributed by atoms with Gasteiger partial charge in [-0.2, -0.15) is 13.5 Å². The summed E-state index contributed by atoms with van der Waals surface area (Å²) in [5.74, 6) is -0.286. The van der Waals surface area contributed by atoms with Crippen LogP contribution >= 0.6 is 0 Å². The summed E-state index contributed by atoms with van der Waals surface area (Å²) in [7, 11) is -3.85. The van der Waals surface area contributed by atoms with E-state index in [0.29, 0.717) is 0 Å². The monoisotopic (exact) mass is 415 g/mol. The van der Waals surface area contributed by atoms with Crippen molar-refractivity contribution in [2.45, 2.75) is 4.90 Å². The average Bonchev–Trinajstić information content (AvgIpc) is 2.71. The molecule has 1 N–H and O–H groups in total. The summed E-state index contributed by atoms with van der Waals surface area (Å²) in [5, 5.41) is 15.0. The number of hydrogen-bond donors (Lipinski definition) is 1. The van der Waals surface area contributed by atoms with Crippen LogP contribution in [-0.2, 0) is 10.0 Å². The summed E-state index contributed by atoms with van der Waals surface area (Å²) in [6.07, 6.45) is 1.13. The normalized spacial score (nSPS) is 11.3. The first-order chi connectivity index (χ1) is 13.8. The number of benzene rings is 3. The van der Waals surface area contributed by atoms with Gasteiger partial charge in [0.05, 0.1) is 16.0 Å². The van der Waals surface area contributed by atoms with Crippen molar-refractivity contribution in [1.29, 1.82) is 0 Å². The fourth-order valence-electron chi connectivity index (χ4n) is 2.30. The highest BCUT2D eigenvalue weighted by Gasteiger charge is 2.17. The summed E-state index contributed by atoms with van der Waals surface area (Å²) in [4.78, 5) is 12.8. The molecule has 0 aromatic heterocycles. The summed E-state index contributed by atoms with van der Waals surface area (Å²) in [6, 6.07) is 16.6. The quantitative estimate of drug-likeness (QED) is 0.358. The molecule has 0 saturated carbocycles. The van der Waals surface area contributed by atoms with Gasteiger partial charge in [0.15, 0.2) is 0 Å². The number of hydrazone groups is 1. The molecule has 0 heterocycles. The molecule has 0 saturated heterocycles. The van der Waals surface area contributed by atoms with Gasteiger partial charge in [0.1, 0.15) is 11.6 Å². The molecule has 0 unspecified atom stereocenters. The second kappa shape index (κ2) is 8.48. The number of sulfonamides is 1. The first kappa shape index (κ1) is 20.0. The molecule has 0 aliphatic rings. The van der Waals surface area contributed by atoms with Crippen molar-refractivity contribution in [1.82, 2.24) is 4.83 Å². The number of nitrogens with one attached hydrogen (secondary N) is 1. The Morgan fingerprint density at radius 3 is 2.38 bits per heavy atom. The van der Waals surface area contributed by atoms with Crippen molar-refractivity contribution >= 4 is 21.9 Å². The zero-order valence-electron chi connectivity index (χ0n) is 14.7. The zero-order chi connectivity index (χ0) is 20.9. The first-order valence-corrected chi connectivity index (χ1v) is 9.65. The van der Waals surface area contributed by atoms with Gasteiger partial charge in [-0.25, -0.2) is 9.22 Å². The Morgan fingerprint density at radius 1 is 1.03 bits per heavy atom. The van der Waals surface area contributed by atoms with Crippen molar-refractivity contribution in [2.24, 2.45) is 5.10 Å². The van der Waals surface area contributed by atoms with Crippen molar-refractivity contribution in [3.63, 3.8) is 0 Å². The number of nitro benzene ring substituents is 1. The fourth-order valence-corrected chi connectivity index (χ4v) is 3.11. The number of hydrogen-bond acceptors (Lipinski definition) is 6. The minimum atomic E-state index is -3.85. The summed E-state index contributed by atoms with van der Waals surface area (Å²) in [5.41, 5.74) is -0.0805. The molecule has 0 spiro atoms. The number of ether oxygens (including phenoxy) is 1. The van der Waals surface area contributed by atoms with E-state index in [1.807, 2.05) is 4.83 Å². The molecule has 0 aliphatic heterocycles. The maximum absolute atomic E-state index is 13.0. The highest BCUT2D eigenvalue weighted by Crippen LogP contribution is 2.31. The van der Waals surface area contributed by atoms with Gasteiger partial charge in [0.2, 0.25) is 5.75 Å². The van der Waals surface area contributed by atoms with Crippen LogP contribution in [0.1, 0.15) is 5.56 Å². The molecule has 0 atom stereocenters. The Bertz CT molecular complexity index is 1150. The average molecular weight is 415 g/mol. The van der Waals surface area contributed by atoms with Crippen molar-refractivity contribution < 1.29 is 22.5 Å². The van der Waals surface area contributed by atoms with E-state index in [9.17, 15) is 22.9 Å². The minimum Gasteiger partial charge on any atom is -0.450 e. The highest BCUT2D eigenvalue weighted by molar-refractivity contribution is 7.89. The molecule has 0 amide bonds. The molecular formula is C19H14FN3O5S. The van der Waals surface area contributed by atoms with Gasteiger partial charge in [-0.3, -0.25) is 10.1 Å². The number of halogens is 1. The SMILES string of the molecule is O=[N+]([O-])c1cc(/C=N\NS(=O)(=O)c2ccccc2)ccc1Oc1ccc(F)cc1. The van der Waals surface area contributed by atoms with Gasteiger partial charge >= 0.3 is 5.69 Å². The van der Waals surface area contributed by atoms with Gasteiger partial charge in [-0.1, -0.05) is 18.2 Å². The largest absolute Gasteiger partial charge is 0.450 e. The van der Waals surface area contributed by atoms with E-state index in [4.69, 9.17) is 4.74 Å². The van der Waals surface area contributed by atoms with Crippen LogP contribution in [0.15, 0.2) is 82.8 Å². The van der Waals surface area contributed by atoms with E-state index in [-0.39, 0.29) is 27.6 Å². The van der Waals surface area contributed by atoms with Gasteiger partial charge in [0, 0.05) is 11.6 Å². The van der Waals surface area contributed by atoms with Crippen molar-refractivity contribution in [3.8, 4) is 11.5 Å². The minimum absolute atomic E-state index is 0.0335. The van der Waals surface area contributed by atoms with E-state index < -0.39 is 20.8 Å². The maximum atomic E-state index is 13.0. The lowest BCUT2D eigenvalue weighted by atomic mass is 10.2. The lowest BCUT2D eigenvalue weighted by molar-refractivity contribution is -0.385. The van der Waals surface area contributed by atoms with Crippen LogP contribution in [0.3, 0.4) is 0 Å². The van der Waals surface area contributed by atoms with Crippen LogP contribution in [-0.4, -0.2) is 19.6 Å². The molecule has 0 bridgehead atoms. The third kappa shape index (κ3) is 5.14. The standard InChI is InChI=1S/C19H14FN3O5S/c20-15-7-9-16(10-8-15)28-19-11-6-14(12-18(19)23(24)25)13-21-22-29(26,27)17-4-2-1-3-5-17/h1-13,22H/b21-13-. The summed E-state index contributed by atoms with van der Waals surface area (Å²) in [6.45, 7) is 0. The van der Waals surface area contributed by atoms with Gasteiger partial charge < -0.3 is 4.74 Å². The van der Waals surface area contributed by atoms with Crippen molar-refractivity contribution in [3.05, 3.63) is 94.3 Å². The van der Waals surface area contributed by atoms with Gasteiger partial charge in [-0.15, -0.1) is 0 Å². The summed E-state index contributed by atoms with van der Waals surface area (Å²) < 4.78 is 42.6. The smallest absolute Gasteiger partial charge is 0.312 e. The third-order valence-corrected chi connectivity index (χ3v) is 4.90. The number of nitrogens with zero attached hydrogens (tertiary/aromatic N) is 2. The molecule has 148 valence electrons. The van der Waals surface area contributed by atoms with Crippen LogP contribution in [0.25, 0.3) is 0 Å². The van der Waals surface area contributed by atoms with E-state index in [2.05, 4.69) is 5.10 Å². The molecule has 0 radical (unpaired) electrons. The molecule has 0 aliphatic carbocycles. The Hall–Kier alpha value is -3.79. The van der Waals surface area contributed by atoms with E-state index in [0.717, 1.165) is 6.21 Å². The van der Waals surface area contributed by atoms with Gasteiger partial charge in [-0.05, 0) is 48.5 Å². The van der Waals surface area contributed by atoms with Crippen LogP contribution in [0.4, 0.5) is 10.1 Å². The lowest BCUT2D eigenvalue weighted by Gasteiger charge is -2.07. The first-order valence-electron chi connectivity index (χ1n) is 8.17. The highest BCUT2D eigenvalue weighted by atomic mass is 32.2. The fraction of sp³-hybridized carbons (Fsp3) is 0. The molecule has 0 fully saturated rings. The molecule has 29 heavy (non-hydrogen) atoms. The van der Waals surface area contributed by atoms with Crippen LogP contribution in [0.5, 0.6) is 11.5 Å². The molecule has 8 nitrogen and oxygen atoms in total. The predicted molar refractivity (Wildman–Crippen MR) is 104 cm³/mol. The van der Waals surface area contributed by atoms with Crippen LogP contribution in [0.2, 0.25) is 0 Å². The van der Waals surface area contributed by atoms with Crippen LogP contribution in [0, 0.1) is 15.9 Å². The lowest BCUT2D eigenvalue weighted by Crippen LogP contribution is -2.18.